The van der Waals surface area contributed by atoms with Gasteiger partial charge in [-0.05, 0) is 69.1 Å². The van der Waals surface area contributed by atoms with E-state index in [1.165, 1.54) is 91.0 Å². The summed E-state index contributed by atoms with van der Waals surface area (Å²) in [6, 6.07) is 3.39. The number of likely N-dealkylation sites (tertiary alicyclic amines) is 2. The van der Waals surface area contributed by atoms with Crippen molar-refractivity contribution in [1.82, 2.24) is 30.2 Å². The van der Waals surface area contributed by atoms with Gasteiger partial charge in [0, 0.05) is 57.7 Å². The van der Waals surface area contributed by atoms with Crippen LogP contribution in [-0.2, 0) is 0 Å². The molecule has 2 N–H and O–H groups in total. The number of hydrogen-bond donors (Lipinski definition) is 2. The van der Waals surface area contributed by atoms with Crippen molar-refractivity contribution in [2.45, 2.75) is 44.2 Å². The molecule has 0 aromatic carbocycles. The third-order valence-electron chi connectivity index (χ3n) is 7.81. The van der Waals surface area contributed by atoms with Crippen LogP contribution < -0.4 is 10.6 Å². The normalized spacial score (nSPS) is 36.7. The molecule has 5 heterocycles. The fraction of sp³-hybridized carbons (Fsp3) is 0.857. The first-order valence-electron chi connectivity index (χ1n) is 11.2. The summed E-state index contributed by atoms with van der Waals surface area (Å²) in [6.07, 6.45) is 10.7. The molecule has 0 amide bonds. The highest BCUT2D eigenvalue weighted by molar-refractivity contribution is 5.00. The van der Waals surface area contributed by atoms with E-state index in [4.69, 9.17) is 0 Å². The second kappa shape index (κ2) is 7.82. The van der Waals surface area contributed by atoms with Gasteiger partial charge in [-0.3, -0.25) is 9.58 Å². The van der Waals surface area contributed by atoms with E-state index in [1.54, 1.807) is 0 Å². The van der Waals surface area contributed by atoms with E-state index < -0.39 is 0 Å². The average molecular weight is 373 g/mol. The number of nitrogens with zero attached hydrogens (tertiary/aromatic N) is 4. The van der Waals surface area contributed by atoms with Gasteiger partial charge < -0.3 is 15.5 Å². The SMILES string of the molecule is c1cnn(C2CCN(CC3CCNCC3N3CCC4(CCNC4)C3)CC2)c1. The number of aromatic nitrogens is 2. The van der Waals surface area contributed by atoms with Crippen LogP contribution in [0.3, 0.4) is 0 Å². The van der Waals surface area contributed by atoms with E-state index in [0.29, 0.717) is 11.5 Å². The molecule has 6 heteroatoms. The highest BCUT2D eigenvalue weighted by Crippen LogP contribution is 2.38. The van der Waals surface area contributed by atoms with Crippen LogP contribution in [0, 0.1) is 11.3 Å². The molecule has 4 aliphatic rings. The standard InChI is InChI=1S/C21H36N6/c1-7-24-27(10-1)19-3-11-25(12-4-19)15-18-2-8-22-14-20(18)26-13-6-21(17-26)5-9-23-16-21/h1,7,10,18-20,22-23H,2-6,8-9,11-17H2. The van der Waals surface area contributed by atoms with E-state index in [2.05, 4.69) is 42.5 Å². The molecule has 4 aliphatic heterocycles. The Morgan fingerprint density at radius 3 is 2.74 bits per heavy atom. The van der Waals surface area contributed by atoms with Gasteiger partial charge in [-0.1, -0.05) is 0 Å². The molecule has 0 bridgehead atoms. The molecule has 1 aromatic heterocycles. The van der Waals surface area contributed by atoms with Gasteiger partial charge >= 0.3 is 0 Å². The van der Waals surface area contributed by atoms with Crippen molar-refractivity contribution in [3.63, 3.8) is 0 Å². The molecule has 0 aliphatic carbocycles. The van der Waals surface area contributed by atoms with Crippen molar-refractivity contribution in [1.29, 1.82) is 0 Å². The van der Waals surface area contributed by atoms with Crippen LogP contribution in [0.4, 0.5) is 0 Å². The van der Waals surface area contributed by atoms with Gasteiger partial charge in [0.1, 0.15) is 0 Å². The molecule has 27 heavy (non-hydrogen) atoms. The molecule has 4 fully saturated rings. The summed E-state index contributed by atoms with van der Waals surface area (Å²) < 4.78 is 2.17. The van der Waals surface area contributed by atoms with Crippen LogP contribution in [0.15, 0.2) is 18.5 Å². The molecule has 150 valence electrons. The van der Waals surface area contributed by atoms with Crippen LogP contribution in [0.2, 0.25) is 0 Å². The number of nitrogens with one attached hydrogen (secondary N) is 2. The van der Waals surface area contributed by atoms with Gasteiger partial charge in [0.15, 0.2) is 0 Å². The Kier molecular flexibility index (Phi) is 5.24. The maximum atomic E-state index is 4.46. The highest BCUT2D eigenvalue weighted by atomic mass is 15.3. The fourth-order valence-electron chi connectivity index (χ4n) is 6.13. The Morgan fingerprint density at radius 2 is 1.96 bits per heavy atom. The van der Waals surface area contributed by atoms with E-state index >= 15 is 0 Å². The summed E-state index contributed by atoms with van der Waals surface area (Å²) in [7, 11) is 0. The van der Waals surface area contributed by atoms with E-state index in [0.717, 1.165) is 12.0 Å². The number of rotatable bonds is 4. The van der Waals surface area contributed by atoms with Gasteiger partial charge in [0.2, 0.25) is 0 Å². The predicted octanol–water partition coefficient (Wildman–Crippen LogP) is 1.18. The van der Waals surface area contributed by atoms with Crippen molar-refractivity contribution < 1.29 is 0 Å². The number of piperidine rings is 2. The first kappa shape index (κ1) is 18.1. The topological polar surface area (TPSA) is 48.4 Å². The molecular weight excluding hydrogens is 336 g/mol. The smallest absolute Gasteiger partial charge is 0.0543 e. The molecule has 0 saturated carbocycles. The lowest BCUT2D eigenvalue weighted by molar-refractivity contribution is 0.0800. The second-order valence-electron chi connectivity index (χ2n) is 9.49. The predicted molar refractivity (Wildman–Crippen MR) is 108 cm³/mol. The molecular formula is C21H36N6. The maximum absolute atomic E-state index is 4.46. The van der Waals surface area contributed by atoms with E-state index in [-0.39, 0.29) is 0 Å². The van der Waals surface area contributed by atoms with Gasteiger partial charge in [-0.25, -0.2) is 0 Å². The zero-order valence-corrected chi connectivity index (χ0v) is 16.7. The molecule has 5 rings (SSSR count). The van der Waals surface area contributed by atoms with Crippen molar-refractivity contribution in [3.8, 4) is 0 Å². The summed E-state index contributed by atoms with van der Waals surface area (Å²) in [6.45, 7) is 11.3. The largest absolute Gasteiger partial charge is 0.316 e. The monoisotopic (exact) mass is 372 g/mol. The highest BCUT2D eigenvalue weighted by Gasteiger charge is 2.44. The van der Waals surface area contributed by atoms with Gasteiger partial charge in [0.05, 0.1) is 6.04 Å². The van der Waals surface area contributed by atoms with Crippen LogP contribution in [0.5, 0.6) is 0 Å². The third-order valence-corrected chi connectivity index (χ3v) is 7.81. The molecule has 1 aromatic rings. The molecule has 3 atom stereocenters. The molecule has 1 spiro atoms. The maximum Gasteiger partial charge on any atom is 0.0543 e. The Hall–Kier alpha value is -0.950. The Labute approximate surface area is 163 Å². The number of hydrogen-bond acceptors (Lipinski definition) is 5. The van der Waals surface area contributed by atoms with Gasteiger partial charge in [-0.2, -0.15) is 5.10 Å². The summed E-state index contributed by atoms with van der Waals surface area (Å²) in [5, 5.41) is 11.8. The first-order chi connectivity index (χ1) is 13.3. The van der Waals surface area contributed by atoms with Crippen molar-refractivity contribution >= 4 is 0 Å². The summed E-state index contributed by atoms with van der Waals surface area (Å²) in [4.78, 5) is 5.59. The lowest BCUT2D eigenvalue weighted by Crippen LogP contribution is -2.54. The van der Waals surface area contributed by atoms with Crippen molar-refractivity contribution in [3.05, 3.63) is 18.5 Å². The summed E-state index contributed by atoms with van der Waals surface area (Å²) in [5.74, 6) is 0.831. The third kappa shape index (κ3) is 3.82. The fourth-order valence-corrected chi connectivity index (χ4v) is 6.13. The van der Waals surface area contributed by atoms with E-state index in [1.807, 2.05) is 6.20 Å². The Balaban J connectivity index is 1.17. The lowest BCUT2D eigenvalue weighted by atomic mass is 9.86. The van der Waals surface area contributed by atoms with Crippen molar-refractivity contribution in [2.24, 2.45) is 11.3 Å². The quantitative estimate of drug-likeness (QED) is 0.831. The molecule has 4 saturated heterocycles. The zero-order chi connectivity index (χ0) is 18.1. The van der Waals surface area contributed by atoms with Crippen LogP contribution in [0.1, 0.15) is 38.1 Å². The van der Waals surface area contributed by atoms with Crippen molar-refractivity contribution in [2.75, 3.05) is 58.9 Å². The first-order valence-corrected chi connectivity index (χ1v) is 11.2. The minimum atomic E-state index is 0.587. The Bertz CT molecular complexity index is 588. The average Bonchev–Trinajstić information content (AvgIpc) is 3.47. The Morgan fingerprint density at radius 1 is 1.04 bits per heavy atom. The van der Waals surface area contributed by atoms with Gasteiger partial charge in [0.25, 0.3) is 0 Å². The zero-order valence-electron chi connectivity index (χ0n) is 16.7. The van der Waals surface area contributed by atoms with Crippen LogP contribution in [0.25, 0.3) is 0 Å². The second-order valence-corrected chi connectivity index (χ2v) is 9.49. The molecule has 0 radical (unpaired) electrons. The molecule has 6 nitrogen and oxygen atoms in total. The minimum Gasteiger partial charge on any atom is -0.316 e. The molecule has 3 unspecified atom stereocenters. The minimum absolute atomic E-state index is 0.587. The van der Waals surface area contributed by atoms with Gasteiger partial charge in [-0.15, -0.1) is 0 Å². The van der Waals surface area contributed by atoms with Crippen LogP contribution in [-0.4, -0.2) is 84.5 Å². The van der Waals surface area contributed by atoms with Crippen LogP contribution >= 0.6 is 0 Å². The lowest BCUT2D eigenvalue weighted by Gasteiger charge is -2.42. The summed E-state index contributed by atoms with van der Waals surface area (Å²) >= 11 is 0. The summed E-state index contributed by atoms with van der Waals surface area (Å²) in [5.41, 5.74) is 0.587. The van der Waals surface area contributed by atoms with E-state index in [9.17, 15) is 0 Å².